The Balaban J connectivity index is 2.40. The van der Waals surface area contributed by atoms with Gasteiger partial charge in [-0.15, -0.1) is 0 Å². The molecular weight excluding hydrogens is 310 g/mol. The molecule has 24 heavy (non-hydrogen) atoms. The number of hydrogen-bond donors (Lipinski definition) is 0. The van der Waals surface area contributed by atoms with Crippen LogP contribution in [0, 0.1) is 0 Å². The number of amides is 1. The van der Waals surface area contributed by atoms with Gasteiger partial charge in [-0.2, -0.15) is 5.10 Å². The number of fused-ring (bicyclic) bond motifs is 1. The Kier molecular flexibility index (Phi) is 4.65. The van der Waals surface area contributed by atoms with E-state index in [0.717, 1.165) is 11.3 Å². The Hall–Kier alpha value is -2.05. The third kappa shape index (κ3) is 3.55. The number of rotatable bonds is 2. The number of carbonyl (C=O) groups excluding carboxylic acids is 2. The fourth-order valence-electron chi connectivity index (χ4n) is 2.97. The summed E-state index contributed by atoms with van der Waals surface area (Å²) in [5, 5.41) is 4.51. The topological polar surface area (TPSA) is 73.7 Å². The summed E-state index contributed by atoms with van der Waals surface area (Å²) in [5.41, 5.74) is 1.01. The summed E-state index contributed by atoms with van der Waals surface area (Å²) in [7, 11) is 1.72. The lowest BCUT2D eigenvalue weighted by Gasteiger charge is -2.37. The molecule has 0 saturated carbocycles. The first-order chi connectivity index (χ1) is 11.0. The van der Waals surface area contributed by atoms with Crippen LogP contribution in [0.3, 0.4) is 0 Å². The summed E-state index contributed by atoms with van der Waals surface area (Å²) in [6.45, 7) is 12.3. The highest BCUT2D eigenvalue weighted by Crippen LogP contribution is 2.35. The third-order valence-electron chi connectivity index (χ3n) is 3.84. The number of nitrogens with zero attached hydrogens (tertiary/aromatic N) is 3. The molecule has 0 aromatic carbocycles. The highest BCUT2D eigenvalue weighted by Gasteiger charge is 2.41. The molecular formula is C17H27N3O4. The summed E-state index contributed by atoms with van der Waals surface area (Å²) in [5.74, 6) is -0.421. The van der Waals surface area contributed by atoms with Crippen LogP contribution in [0.1, 0.15) is 63.3 Å². The molecule has 2 rings (SSSR count). The Morgan fingerprint density at radius 2 is 1.92 bits per heavy atom. The standard InChI is InChI=1S/C17H27N3O4/c1-8-23-14(21)12-11-9-20(15(22)24-16(2,3)4)10-17(5,6)13(11)18-19(12)7/h8-10H2,1-7H3. The van der Waals surface area contributed by atoms with Gasteiger partial charge in [0.1, 0.15) is 5.60 Å². The van der Waals surface area contributed by atoms with Crippen LogP contribution >= 0.6 is 0 Å². The van der Waals surface area contributed by atoms with Crippen LogP contribution in [0.4, 0.5) is 4.79 Å². The lowest BCUT2D eigenvalue weighted by molar-refractivity contribution is 0.0169. The normalized spacial score (nSPS) is 16.5. The molecule has 0 bridgehead atoms. The molecule has 0 atom stereocenters. The summed E-state index contributed by atoms with van der Waals surface area (Å²) in [6, 6.07) is 0. The molecule has 1 aromatic heterocycles. The van der Waals surface area contributed by atoms with Gasteiger partial charge in [0, 0.05) is 24.6 Å². The van der Waals surface area contributed by atoms with E-state index >= 15 is 0 Å². The molecule has 0 fully saturated rings. The maximum atomic E-state index is 12.5. The number of aryl methyl sites for hydroxylation is 1. The zero-order valence-corrected chi connectivity index (χ0v) is 15.6. The summed E-state index contributed by atoms with van der Waals surface area (Å²) in [4.78, 5) is 26.4. The second-order valence-corrected chi connectivity index (χ2v) is 7.74. The number of carbonyl (C=O) groups is 2. The predicted molar refractivity (Wildman–Crippen MR) is 88.8 cm³/mol. The average Bonchev–Trinajstić information content (AvgIpc) is 2.74. The quantitative estimate of drug-likeness (QED) is 0.776. The number of aromatic nitrogens is 2. The molecule has 0 spiro atoms. The molecule has 7 nitrogen and oxygen atoms in total. The monoisotopic (exact) mass is 337 g/mol. The van der Waals surface area contributed by atoms with Crippen LogP contribution in [-0.4, -0.2) is 45.5 Å². The fraction of sp³-hybridized carbons (Fsp3) is 0.706. The minimum absolute atomic E-state index is 0.287. The van der Waals surface area contributed by atoms with Gasteiger partial charge in [-0.1, -0.05) is 13.8 Å². The molecule has 1 aliphatic heterocycles. The molecule has 0 aliphatic carbocycles. The van der Waals surface area contributed by atoms with Crippen molar-refractivity contribution in [1.29, 1.82) is 0 Å². The van der Waals surface area contributed by atoms with E-state index in [9.17, 15) is 9.59 Å². The Labute approximate surface area is 142 Å². The van der Waals surface area contributed by atoms with E-state index in [4.69, 9.17) is 9.47 Å². The van der Waals surface area contributed by atoms with Crippen LogP contribution in [0.2, 0.25) is 0 Å². The molecule has 134 valence electrons. The first-order valence-electron chi connectivity index (χ1n) is 8.17. The molecule has 7 heteroatoms. The number of hydrogen-bond acceptors (Lipinski definition) is 5. The molecule has 0 radical (unpaired) electrons. The molecule has 2 heterocycles. The van der Waals surface area contributed by atoms with Gasteiger partial charge in [0.2, 0.25) is 0 Å². The summed E-state index contributed by atoms with van der Waals surface area (Å²) in [6.07, 6.45) is -0.389. The van der Waals surface area contributed by atoms with E-state index < -0.39 is 11.6 Å². The Morgan fingerprint density at radius 1 is 1.29 bits per heavy atom. The molecule has 0 unspecified atom stereocenters. The maximum absolute atomic E-state index is 12.5. The fourth-order valence-corrected chi connectivity index (χ4v) is 2.97. The molecule has 0 saturated heterocycles. The van der Waals surface area contributed by atoms with Crippen molar-refractivity contribution in [3.8, 4) is 0 Å². The number of ether oxygens (including phenoxy) is 2. The molecule has 0 N–H and O–H groups in total. The minimum atomic E-state index is -0.569. The number of esters is 1. The largest absolute Gasteiger partial charge is 0.461 e. The van der Waals surface area contributed by atoms with Gasteiger partial charge in [0.25, 0.3) is 0 Å². The third-order valence-corrected chi connectivity index (χ3v) is 3.84. The van der Waals surface area contributed by atoms with Crippen molar-refractivity contribution in [3.05, 3.63) is 17.0 Å². The summed E-state index contributed by atoms with van der Waals surface area (Å²) >= 11 is 0. The minimum Gasteiger partial charge on any atom is -0.461 e. The van der Waals surface area contributed by atoms with Crippen molar-refractivity contribution in [2.24, 2.45) is 7.05 Å². The zero-order valence-electron chi connectivity index (χ0n) is 15.6. The Morgan fingerprint density at radius 3 is 2.46 bits per heavy atom. The van der Waals surface area contributed by atoms with Crippen molar-refractivity contribution in [1.82, 2.24) is 14.7 Å². The second kappa shape index (κ2) is 6.11. The first kappa shape index (κ1) is 18.3. The second-order valence-electron chi connectivity index (χ2n) is 7.74. The summed E-state index contributed by atoms with van der Waals surface area (Å²) < 4.78 is 12.2. The molecule has 1 amide bonds. The van der Waals surface area contributed by atoms with Gasteiger partial charge in [0.05, 0.1) is 18.8 Å². The van der Waals surface area contributed by atoms with Crippen LogP contribution in [-0.2, 0) is 28.5 Å². The van der Waals surface area contributed by atoms with Crippen molar-refractivity contribution in [2.45, 2.75) is 59.1 Å². The zero-order chi connectivity index (χ0) is 18.3. The highest BCUT2D eigenvalue weighted by molar-refractivity contribution is 5.90. The van der Waals surface area contributed by atoms with Crippen LogP contribution in [0.5, 0.6) is 0 Å². The predicted octanol–water partition coefficient (Wildman–Crippen LogP) is 2.63. The van der Waals surface area contributed by atoms with E-state index in [2.05, 4.69) is 5.10 Å². The van der Waals surface area contributed by atoms with E-state index in [1.165, 1.54) is 0 Å². The van der Waals surface area contributed by atoms with Crippen molar-refractivity contribution < 1.29 is 19.1 Å². The van der Waals surface area contributed by atoms with Crippen LogP contribution < -0.4 is 0 Å². The SMILES string of the molecule is CCOC(=O)c1c2c(nn1C)C(C)(C)CN(C(=O)OC(C)(C)C)C2. The lowest BCUT2D eigenvalue weighted by Crippen LogP contribution is -2.47. The lowest BCUT2D eigenvalue weighted by atomic mass is 9.82. The van der Waals surface area contributed by atoms with Crippen molar-refractivity contribution >= 4 is 12.1 Å². The van der Waals surface area contributed by atoms with Gasteiger partial charge in [-0.3, -0.25) is 4.68 Å². The van der Waals surface area contributed by atoms with E-state index in [-0.39, 0.29) is 24.7 Å². The van der Waals surface area contributed by atoms with E-state index in [1.807, 2.05) is 34.6 Å². The van der Waals surface area contributed by atoms with Crippen molar-refractivity contribution in [2.75, 3.05) is 13.2 Å². The average molecular weight is 337 g/mol. The van der Waals surface area contributed by atoms with Gasteiger partial charge in [0.15, 0.2) is 5.69 Å². The molecule has 1 aliphatic rings. The van der Waals surface area contributed by atoms with Gasteiger partial charge >= 0.3 is 12.1 Å². The van der Waals surface area contributed by atoms with Crippen LogP contribution in [0.25, 0.3) is 0 Å². The van der Waals surface area contributed by atoms with Crippen molar-refractivity contribution in [3.63, 3.8) is 0 Å². The van der Waals surface area contributed by atoms with E-state index in [0.29, 0.717) is 12.2 Å². The van der Waals surface area contributed by atoms with E-state index in [1.54, 1.807) is 23.6 Å². The van der Waals surface area contributed by atoms with Gasteiger partial charge in [-0.05, 0) is 27.7 Å². The van der Waals surface area contributed by atoms with Crippen LogP contribution in [0.15, 0.2) is 0 Å². The first-order valence-corrected chi connectivity index (χ1v) is 8.17. The highest BCUT2D eigenvalue weighted by atomic mass is 16.6. The van der Waals surface area contributed by atoms with Gasteiger partial charge in [-0.25, -0.2) is 9.59 Å². The maximum Gasteiger partial charge on any atom is 0.410 e. The smallest absolute Gasteiger partial charge is 0.410 e. The van der Waals surface area contributed by atoms with Gasteiger partial charge < -0.3 is 14.4 Å². The molecule has 1 aromatic rings. The Bertz CT molecular complexity index is 656.